The smallest absolute Gasteiger partial charge is 0.251 e. The second-order valence-electron chi connectivity index (χ2n) is 7.84. The van der Waals surface area contributed by atoms with Crippen molar-refractivity contribution in [3.63, 3.8) is 0 Å². The van der Waals surface area contributed by atoms with Gasteiger partial charge in [0.1, 0.15) is 0 Å². The lowest BCUT2D eigenvalue weighted by molar-refractivity contribution is 0.897. The van der Waals surface area contributed by atoms with E-state index in [0.29, 0.717) is 0 Å². The van der Waals surface area contributed by atoms with Gasteiger partial charge in [0.15, 0.2) is 0 Å². The molecule has 0 radical (unpaired) electrons. The van der Waals surface area contributed by atoms with Crippen LogP contribution in [0, 0.1) is 0 Å². The molecule has 2 aliphatic rings. The number of benzene rings is 2. The molecule has 0 aliphatic heterocycles. The Morgan fingerprint density at radius 3 is 1.35 bits per heavy atom. The molecular formula is C24H26N2S4Si. The first-order valence-electron chi connectivity index (χ1n) is 10.5. The van der Waals surface area contributed by atoms with E-state index in [1.54, 1.807) is 0 Å². The van der Waals surface area contributed by atoms with Crippen molar-refractivity contribution < 1.29 is 0 Å². The summed E-state index contributed by atoms with van der Waals surface area (Å²) in [5, 5.41) is 2.60. The predicted octanol–water partition coefficient (Wildman–Crippen LogP) is 5.16. The lowest BCUT2D eigenvalue weighted by Gasteiger charge is -2.32. The highest BCUT2D eigenvalue weighted by Crippen LogP contribution is 2.41. The Hall–Kier alpha value is -1.38. The lowest BCUT2D eigenvalue weighted by atomic mass is 10.2. The van der Waals surface area contributed by atoms with Crippen LogP contribution in [0.15, 0.2) is 83.2 Å². The van der Waals surface area contributed by atoms with Gasteiger partial charge in [-0.25, -0.2) is 0 Å². The molecule has 0 heterocycles. The Morgan fingerprint density at radius 2 is 1.03 bits per heavy atom. The van der Waals surface area contributed by atoms with Gasteiger partial charge in [-0.05, 0) is 60.0 Å². The Morgan fingerprint density at radius 1 is 0.645 bits per heavy atom. The first kappa shape index (κ1) is 22.8. The number of allylic oxidation sites excluding steroid dienone is 2. The van der Waals surface area contributed by atoms with Crippen LogP contribution < -0.4 is 21.8 Å². The molecule has 7 heteroatoms. The molecule has 4 rings (SSSR count). The molecule has 0 unspecified atom stereocenters. The number of thiocarbonyl (C=S) groups is 2. The Labute approximate surface area is 204 Å². The summed E-state index contributed by atoms with van der Waals surface area (Å²) in [5.74, 6) is 0. The van der Waals surface area contributed by atoms with Crippen LogP contribution in [0.3, 0.4) is 0 Å². The van der Waals surface area contributed by atoms with Gasteiger partial charge in [0.05, 0.1) is 8.39 Å². The monoisotopic (exact) mass is 498 g/mol. The van der Waals surface area contributed by atoms with Gasteiger partial charge >= 0.3 is 0 Å². The van der Waals surface area contributed by atoms with Crippen LogP contribution >= 0.6 is 46.9 Å². The van der Waals surface area contributed by atoms with Crippen molar-refractivity contribution in [2.45, 2.75) is 38.5 Å². The van der Waals surface area contributed by atoms with Crippen molar-refractivity contribution in [1.29, 1.82) is 0 Å². The molecule has 0 amide bonds. The molecule has 2 aromatic rings. The minimum atomic E-state index is -2.50. The number of hydrogen-bond acceptors (Lipinski definition) is 6. The summed E-state index contributed by atoms with van der Waals surface area (Å²) >= 11 is 15.7. The summed E-state index contributed by atoms with van der Waals surface area (Å²) in [5.41, 5.74) is 16.9. The molecule has 31 heavy (non-hydrogen) atoms. The lowest BCUT2D eigenvalue weighted by Crippen LogP contribution is -2.54. The summed E-state index contributed by atoms with van der Waals surface area (Å²) in [7, 11) is 0. The van der Waals surface area contributed by atoms with Gasteiger partial charge < -0.3 is 11.5 Å². The molecule has 0 aromatic heterocycles. The normalized spacial score (nSPS) is 16.8. The quantitative estimate of drug-likeness (QED) is 0.424. The molecule has 2 aliphatic carbocycles. The topological polar surface area (TPSA) is 52.0 Å². The van der Waals surface area contributed by atoms with Crippen LogP contribution in [0.5, 0.6) is 0 Å². The van der Waals surface area contributed by atoms with Crippen LogP contribution in [-0.4, -0.2) is 14.8 Å². The molecule has 2 nitrogen and oxygen atoms in total. The van der Waals surface area contributed by atoms with Crippen LogP contribution in [0.25, 0.3) is 0 Å². The van der Waals surface area contributed by atoms with Gasteiger partial charge in [0, 0.05) is 11.4 Å². The van der Waals surface area contributed by atoms with Crippen LogP contribution in [0.4, 0.5) is 0 Å². The fraction of sp³-hybridized carbons (Fsp3) is 0.250. The zero-order chi connectivity index (χ0) is 21.8. The standard InChI is InChI=1S/C24H26N2S4Si/c25-21-15-7-13-19(21)23(27)29-31(17-9-3-1-4-10-17,18-11-5-2-6-12-18)30-24(28)20-14-8-16-22(20)26/h1-6,9-12H,7-8,13-16,25-26H2. The highest BCUT2D eigenvalue weighted by molar-refractivity contribution is 8.72. The van der Waals surface area contributed by atoms with E-state index in [-0.39, 0.29) is 0 Å². The van der Waals surface area contributed by atoms with Crippen molar-refractivity contribution in [1.82, 2.24) is 0 Å². The first-order valence-corrected chi connectivity index (χ1v) is 16.4. The fourth-order valence-electron chi connectivity index (χ4n) is 4.12. The van der Waals surface area contributed by atoms with Gasteiger partial charge in [-0.1, -0.05) is 85.1 Å². The maximum atomic E-state index is 6.33. The van der Waals surface area contributed by atoms with E-state index < -0.39 is 6.37 Å². The van der Waals surface area contributed by atoms with Gasteiger partial charge in [0.2, 0.25) is 0 Å². The summed E-state index contributed by atoms with van der Waals surface area (Å²) in [6, 6.07) is 21.5. The van der Waals surface area contributed by atoms with E-state index in [4.69, 9.17) is 35.9 Å². The Bertz CT molecular complexity index is 962. The first-order chi connectivity index (χ1) is 15.0. The molecule has 0 bridgehead atoms. The number of rotatable bonds is 6. The van der Waals surface area contributed by atoms with E-state index in [0.717, 1.165) is 69.5 Å². The third-order valence-corrected chi connectivity index (χ3v) is 18.6. The van der Waals surface area contributed by atoms with Crippen LogP contribution in [0.2, 0.25) is 0 Å². The SMILES string of the molecule is NC1=C(C(=S)S[Si](SC(=S)C2=C(N)CCC2)(c2ccccc2)c2ccccc2)CCC1. The molecule has 2 aromatic carbocycles. The molecular weight excluding hydrogens is 473 g/mol. The summed E-state index contributed by atoms with van der Waals surface area (Å²) in [4.78, 5) is 0. The van der Waals surface area contributed by atoms with Gasteiger partial charge in [0.25, 0.3) is 6.37 Å². The zero-order valence-corrected chi connectivity index (χ0v) is 21.6. The van der Waals surface area contributed by atoms with Crippen molar-refractivity contribution >= 4 is 72.0 Å². The third kappa shape index (κ3) is 4.86. The predicted molar refractivity (Wildman–Crippen MR) is 148 cm³/mol. The number of hydrogen-bond donors (Lipinski definition) is 2. The molecule has 160 valence electrons. The highest BCUT2D eigenvalue weighted by atomic mass is 32.6. The average molecular weight is 499 g/mol. The van der Waals surface area contributed by atoms with Crippen LogP contribution in [-0.2, 0) is 0 Å². The van der Waals surface area contributed by atoms with Crippen LogP contribution in [0.1, 0.15) is 38.5 Å². The third-order valence-electron chi connectivity index (χ3n) is 5.79. The Balaban J connectivity index is 1.83. The molecule has 4 N–H and O–H groups in total. The molecule has 0 fully saturated rings. The average Bonchev–Trinajstić information content (AvgIpc) is 3.42. The maximum absolute atomic E-state index is 6.33. The van der Waals surface area contributed by atoms with E-state index in [2.05, 4.69) is 60.7 Å². The summed E-state index contributed by atoms with van der Waals surface area (Å²) in [6.07, 6.45) is 3.50. The fourth-order valence-corrected chi connectivity index (χ4v) is 18.5. The molecule has 0 atom stereocenters. The minimum Gasteiger partial charge on any atom is -0.402 e. The molecule has 0 spiro atoms. The van der Waals surface area contributed by atoms with Gasteiger partial charge in [-0.3, -0.25) is 0 Å². The number of nitrogens with two attached hydrogens (primary N) is 2. The largest absolute Gasteiger partial charge is 0.402 e. The zero-order valence-electron chi connectivity index (χ0n) is 17.3. The highest BCUT2D eigenvalue weighted by Gasteiger charge is 2.43. The molecule has 0 saturated carbocycles. The second kappa shape index (κ2) is 10.0. The van der Waals surface area contributed by atoms with Crippen molar-refractivity contribution in [2.75, 3.05) is 0 Å². The van der Waals surface area contributed by atoms with Crippen molar-refractivity contribution in [3.8, 4) is 0 Å². The van der Waals surface area contributed by atoms with Crippen molar-refractivity contribution in [3.05, 3.63) is 83.2 Å². The van der Waals surface area contributed by atoms with E-state index in [1.165, 1.54) is 10.4 Å². The molecule has 0 saturated heterocycles. The minimum absolute atomic E-state index is 0.929. The van der Waals surface area contributed by atoms with E-state index >= 15 is 0 Å². The van der Waals surface area contributed by atoms with Crippen molar-refractivity contribution in [2.24, 2.45) is 11.5 Å². The second-order valence-corrected chi connectivity index (χ2v) is 18.5. The van der Waals surface area contributed by atoms with E-state index in [1.807, 2.05) is 22.4 Å². The maximum Gasteiger partial charge on any atom is 0.251 e. The van der Waals surface area contributed by atoms with E-state index in [9.17, 15) is 0 Å². The Kier molecular flexibility index (Phi) is 7.39. The van der Waals surface area contributed by atoms with Gasteiger partial charge in [-0.15, -0.1) is 22.4 Å². The summed E-state index contributed by atoms with van der Waals surface area (Å²) < 4.78 is 1.86. The summed E-state index contributed by atoms with van der Waals surface area (Å²) in [6.45, 7) is 0. The van der Waals surface area contributed by atoms with Gasteiger partial charge in [-0.2, -0.15) is 0 Å².